The minimum absolute atomic E-state index is 0.138. The molecule has 0 unspecified atom stereocenters. The quantitative estimate of drug-likeness (QED) is 0.505. The molecular formula is C18H16ClNOS. The van der Waals surface area contributed by atoms with Crippen molar-refractivity contribution in [3.8, 4) is 0 Å². The van der Waals surface area contributed by atoms with E-state index in [4.69, 9.17) is 11.6 Å². The van der Waals surface area contributed by atoms with Crippen LogP contribution in [-0.4, -0.2) is 16.5 Å². The normalized spacial score (nSPS) is 11.0. The average Bonchev–Trinajstić information content (AvgIpc) is 2.98. The number of aromatic nitrogens is 1. The molecular weight excluding hydrogens is 314 g/mol. The maximum Gasteiger partial charge on any atom is 0.175 e. The van der Waals surface area contributed by atoms with Crippen molar-refractivity contribution in [3.63, 3.8) is 0 Å². The number of para-hydroxylation sites is 1. The molecule has 0 aliphatic rings. The maximum absolute atomic E-state index is 12.5. The molecule has 0 bridgehead atoms. The Labute approximate surface area is 138 Å². The molecule has 1 heterocycles. The zero-order chi connectivity index (χ0) is 15.5. The number of aryl methyl sites for hydroxylation is 1. The Morgan fingerprint density at radius 1 is 1.18 bits per heavy atom. The molecule has 0 spiro atoms. The van der Waals surface area contributed by atoms with Crippen LogP contribution in [0.2, 0.25) is 5.02 Å². The van der Waals surface area contributed by atoms with Gasteiger partial charge in [-0.3, -0.25) is 4.79 Å². The van der Waals surface area contributed by atoms with Crippen LogP contribution in [0.1, 0.15) is 22.8 Å². The van der Waals surface area contributed by atoms with Crippen molar-refractivity contribution in [2.45, 2.75) is 18.2 Å². The SMILES string of the molecule is CCc1cccc2c(C(=O)CSc3ccc(Cl)cc3)c[nH]c12. The Morgan fingerprint density at radius 2 is 1.95 bits per heavy atom. The van der Waals surface area contributed by atoms with Crippen molar-refractivity contribution in [1.82, 2.24) is 4.98 Å². The highest BCUT2D eigenvalue weighted by atomic mass is 35.5. The van der Waals surface area contributed by atoms with Gasteiger partial charge in [0, 0.05) is 32.6 Å². The van der Waals surface area contributed by atoms with E-state index >= 15 is 0 Å². The van der Waals surface area contributed by atoms with Gasteiger partial charge in [-0.1, -0.05) is 36.7 Å². The van der Waals surface area contributed by atoms with Gasteiger partial charge in [0.2, 0.25) is 0 Å². The monoisotopic (exact) mass is 329 g/mol. The fourth-order valence-corrected chi connectivity index (χ4v) is 3.41. The number of hydrogen-bond donors (Lipinski definition) is 1. The standard InChI is InChI=1S/C18H16ClNOS/c1-2-12-4-3-5-15-16(10-20-18(12)15)17(21)11-22-14-8-6-13(19)7-9-14/h3-10,20H,2,11H2,1H3. The predicted molar refractivity (Wildman–Crippen MR) is 94.2 cm³/mol. The van der Waals surface area contributed by atoms with Gasteiger partial charge in [0.25, 0.3) is 0 Å². The molecule has 0 fully saturated rings. The second kappa shape index (κ2) is 6.59. The summed E-state index contributed by atoms with van der Waals surface area (Å²) in [5, 5.41) is 1.72. The number of Topliss-reactive ketones (excluding diaryl/α,β-unsaturated/α-hetero) is 1. The van der Waals surface area contributed by atoms with Crippen molar-refractivity contribution in [2.75, 3.05) is 5.75 Å². The molecule has 22 heavy (non-hydrogen) atoms. The molecule has 1 aromatic heterocycles. The van der Waals surface area contributed by atoms with E-state index in [2.05, 4.69) is 18.0 Å². The van der Waals surface area contributed by atoms with E-state index in [1.807, 2.05) is 42.6 Å². The zero-order valence-electron chi connectivity index (χ0n) is 12.2. The second-order valence-electron chi connectivity index (χ2n) is 5.06. The lowest BCUT2D eigenvalue weighted by Gasteiger charge is -2.02. The average molecular weight is 330 g/mol. The van der Waals surface area contributed by atoms with Crippen molar-refractivity contribution in [3.05, 3.63) is 64.8 Å². The Kier molecular flexibility index (Phi) is 4.55. The van der Waals surface area contributed by atoms with E-state index < -0.39 is 0 Å². The molecule has 1 N–H and O–H groups in total. The number of H-pyrrole nitrogens is 1. The van der Waals surface area contributed by atoms with Gasteiger partial charge in [0.05, 0.1) is 5.75 Å². The van der Waals surface area contributed by atoms with Crippen LogP contribution in [0, 0.1) is 0 Å². The van der Waals surface area contributed by atoms with Crippen molar-refractivity contribution >= 4 is 40.0 Å². The van der Waals surface area contributed by atoms with E-state index in [1.165, 1.54) is 17.3 Å². The number of aromatic amines is 1. The minimum Gasteiger partial charge on any atom is -0.360 e. The number of fused-ring (bicyclic) bond motifs is 1. The summed E-state index contributed by atoms with van der Waals surface area (Å²) in [7, 11) is 0. The maximum atomic E-state index is 12.5. The van der Waals surface area contributed by atoms with Gasteiger partial charge in [-0.05, 0) is 36.2 Å². The molecule has 0 saturated carbocycles. The Balaban J connectivity index is 1.79. The highest BCUT2D eigenvalue weighted by Crippen LogP contribution is 2.26. The van der Waals surface area contributed by atoms with Crippen molar-refractivity contribution in [2.24, 2.45) is 0 Å². The number of ketones is 1. The molecule has 0 aliphatic heterocycles. The predicted octanol–water partition coefficient (Wildman–Crippen LogP) is 5.36. The molecule has 4 heteroatoms. The van der Waals surface area contributed by atoms with Crippen LogP contribution < -0.4 is 0 Å². The molecule has 0 amide bonds. The number of nitrogens with one attached hydrogen (secondary N) is 1. The summed E-state index contributed by atoms with van der Waals surface area (Å²) in [5.41, 5.74) is 3.08. The van der Waals surface area contributed by atoms with Crippen LogP contribution in [-0.2, 0) is 6.42 Å². The summed E-state index contributed by atoms with van der Waals surface area (Å²) < 4.78 is 0. The lowest BCUT2D eigenvalue weighted by atomic mass is 10.1. The molecule has 3 rings (SSSR count). The van der Waals surface area contributed by atoms with Crippen LogP contribution in [0.5, 0.6) is 0 Å². The fraction of sp³-hybridized carbons (Fsp3) is 0.167. The van der Waals surface area contributed by atoms with Gasteiger partial charge in [0.1, 0.15) is 0 Å². The summed E-state index contributed by atoms with van der Waals surface area (Å²) in [4.78, 5) is 16.8. The summed E-state index contributed by atoms with van der Waals surface area (Å²) in [6.45, 7) is 2.12. The summed E-state index contributed by atoms with van der Waals surface area (Å²) >= 11 is 7.40. The van der Waals surface area contributed by atoms with Gasteiger partial charge >= 0.3 is 0 Å². The van der Waals surface area contributed by atoms with Gasteiger partial charge in [-0.15, -0.1) is 11.8 Å². The topological polar surface area (TPSA) is 32.9 Å². The fourth-order valence-electron chi connectivity index (χ4n) is 2.50. The molecule has 2 aromatic carbocycles. The Bertz CT molecular complexity index is 808. The molecule has 0 aliphatic carbocycles. The van der Waals surface area contributed by atoms with Crippen LogP contribution in [0.3, 0.4) is 0 Å². The number of carbonyl (C=O) groups excluding carboxylic acids is 1. The second-order valence-corrected chi connectivity index (χ2v) is 6.55. The van der Waals surface area contributed by atoms with Gasteiger partial charge < -0.3 is 4.98 Å². The first-order chi connectivity index (χ1) is 10.7. The van der Waals surface area contributed by atoms with Crippen molar-refractivity contribution in [1.29, 1.82) is 0 Å². The molecule has 0 saturated heterocycles. The zero-order valence-corrected chi connectivity index (χ0v) is 13.8. The van der Waals surface area contributed by atoms with E-state index in [-0.39, 0.29) is 5.78 Å². The first-order valence-corrected chi connectivity index (χ1v) is 8.56. The lowest BCUT2D eigenvalue weighted by Crippen LogP contribution is -2.01. The largest absolute Gasteiger partial charge is 0.360 e. The third-order valence-electron chi connectivity index (χ3n) is 3.67. The minimum atomic E-state index is 0.138. The number of hydrogen-bond acceptors (Lipinski definition) is 2. The van der Waals surface area contributed by atoms with Gasteiger partial charge in [-0.25, -0.2) is 0 Å². The number of thioether (sulfide) groups is 1. The lowest BCUT2D eigenvalue weighted by molar-refractivity contribution is 0.102. The molecule has 0 radical (unpaired) electrons. The first-order valence-electron chi connectivity index (χ1n) is 7.19. The van der Waals surface area contributed by atoms with Crippen LogP contribution in [0.25, 0.3) is 10.9 Å². The number of benzene rings is 2. The highest BCUT2D eigenvalue weighted by molar-refractivity contribution is 8.00. The van der Waals surface area contributed by atoms with Gasteiger partial charge in [0.15, 0.2) is 5.78 Å². The molecule has 3 aromatic rings. The summed E-state index contributed by atoms with van der Waals surface area (Å²) in [6.07, 6.45) is 2.78. The molecule has 0 atom stereocenters. The van der Waals surface area contributed by atoms with E-state index in [0.717, 1.165) is 27.8 Å². The number of halogens is 1. The van der Waals surface area contributed by atoms with Crippen LogP contribution >= 0.6 is 23.4 Å². The third-order valence-corrected chi connectivity index (χ3v) is 4.93. The number of rotatable bonds is 5. The van der Waals surface area contributed by atoms with E-state index in [1.54, 1.807) is 0 Å². The Morgan fingerprint density at radius 3 is 2.68 bits per heavy atom. The molecule has 2 nitrogen and oxygen atoms in total. The Hall–Kier alpha value is -1.71. The van der Waals surface area contributed by atoms with Gasteiger partial charge in [-0.2, -0.15) is 0 Å². The summed E-state index contributed by atoms with van der Waals surface area (Å²) in [5.74, 6) is 0.560. The van der Waals surface area contributed by atoms with E-state index in [9.17, 15) is 4.79 Å². The van der Waals surface area contributed by atoms with Crippen LogP contribution in [0.15, 0.2) is 53.6 Å². The molecule has 112 valence electrons. The van der Waals surface area contributed by atoms with Crippen molar-refractivity contribution < 1.29 is 4.79 Å². The third kappa shape index (κ3) is 3.06. The van der Waals surface area contributed by atoms with E-state index in [0.29, 0.717) is 10.8 Å². The summed E-state index contributed by atoms with van der Waals surface area (Å²) in [6, 6.07) is 13.7. The highest BCUT2D eigenvalue weighted by Gasteiger charge is 2.13. The first kappa shape index (κ1) is 15.2. The smallest absolute Gasteiger partial charge is 0.175 e. The van der Waals surface area contributed by atoms with Crippen LogP contribution in [0.4, 0.5) is 0 Å². The number of carbonyl (C=O) groups is 1.